The van der Waals surface area contributed by atoms with Gasteiger partial charge in [-0.05, 0) is 29.8 Å². The number of nitrogens with zero attached hydrogens (tertiary/aromatic N) is 2. The van der Waals surface area contributed by atoms with Gasteiger partial charge in [0.05, 0.1) is 29.0 Å². The fourth-order valence-corrected chi connectivity index (χ4v) is 2.53. The summed E-state index contributed by atoms with van der Waals surface area (Å²) in [5.41, 5.74) is 3.32. The van der Waals surface area contributed by atoms with Crippen LogP contribution in [0.2, 0.25) is 10.0 Å². The van der Waals surface area contributed by atoms with E-state index >= 15 is 0 Å². The number of benzene rings is 1. The van der Waals surface area contributed by atoms with Crippen molar-refractivity contribution in [2.75, 3.05) is 7.11 Å². The van der Waals surface area contributed by atoms with Crippen LogP contribution in [0.15, 0.2) is 42.9 Å². The minimum absolute atomic E-state index is 0.459. The second-order valence-corrected chi connectivity index (χ2v) is 5.14. The Morgan fingerprint density at radius 3 is 2.71 bits per heavy atom. The van der Waals surface area contributed by atoms with Crippen molar-refractivity contribution in [2.24, 2.45) is 0 Å². The molecule has 0 saturated carbocycles. The van der Waals surface area contributed by atoms with Gasteiger partial charge in [-0.15, -0.1) is 0 Å². The lowest BCUT2D eigenvalue weighted by molar-refractivity contribution is 0.416. The Morgan fingerprint density at radius 2 is 2.00 bits per heavy atom. The quantitative estimate of drug-likeness (QED) is 0.775. The molecule has 3 rings (SSSR count). The first-order chi connectivity index (χ1) is 10.2. The lowest BCUT2D eigenvalue weighted by Crippen LogP contribution is -1.91. The second-order valence-electron chi connectivity index (χ2n) is 4.36. The van der Waals surface area contributed by atoms with Gasteiger partial charge in [0.25, 0.3) is 0 Å². The molecule has 0 aliphatic carbocycles. The first-order valence-electron chi connectivity index (χ1n) is 6.18. The number of rotatable bonds is 3. The van der Waals surface area contributed by atoms with Gasteiger partial charge in [0, 0.05) is 23.5 Å². The molecule has 0 atom stereocenters. The summed E-state index contributed by atoms with van der Waals surface area (Å²) >= 11 is 12.5. The van der Waals surface area contributed by atoms with Gasteiger partial charge in [0.1, 0.15) is 5.75 Å². The van der Waals surface area contributed by atoms with E-state index in [4.69, 9.17) is 27.9 Å². The van der Waals surface area contributed by atoms with E-state index in [9.17, 15) is 0 Å². The van der Waals surface area contributed by atoms with Crippen LogP contribution in [-0.4, -0.2) is 22.3 Å². The Morgan fingerprint density at radius 1 is 1.14 bits per heavy atom. The molecule has 6 heteroatoms. The number of aromatic nitrogens is 3. The third-order valence-electron chi connectivity index (χ3n) is 3.12. The highest BCUT2D eigenvalue weighted by atomic mass is 35.5. The number of pyridine rings is 1. The Kier molecular flexibility index (Phi) is 3.82. The Balaban J connectivity index is 2.18. The van der Waals surface area contributed by atoms with Crippen LogP contribution < -0.4 is 4.74 Å². The fourth-order valence-electron chi connectivity index (χ4n) is 2.11. The zero-order valence-corrected chi connectivity index (χ0v) is 12.6. The first-order valence-corrected chi connectivity index (χ1v) is 6.94. The summed E-state index contributed by atoms with van der Waals surface area (Å²) in [6.07, 6.45) is 5.21. The average molecular weight is 320 g/mol. The molecule has 0 spiro atoms. The summed E-state index contributed by atoms with van der Waals surface area (Å²) in [5, 5.41) is 7.64. The number of ether oxygens (including phenoxy) is 1. The predicted octanol–water partition coefficient (Wildman–Crippen LogP) is 4.45. The minimum atomic E-state index is 0.459. The molecule has 1 aromatic carbocycles. The highest BCUT2D eigenvalue weighted by Gasteiger charge is 2.14. The standard InChI is InChI=1S/C15H11Cl2N3O/c1-21-13-3-2-11(16)15(17)14(13)9-4-5-18-12(6-9)10-7-19-20-8-10/h2-8H,1H3,(H,19,20). The Hall–Kier alpha value is -2.04. The van der Waals surface area contributed by atoms with Crippen molar-refractivity contribution in [3.63, 3.8) is 0 Å². The lowest BCUT2D eigenvalue weighted by atomic mass is 10.0. The molecule has 1 N–H and O–H groups in total. The largest absolute Gasteiger partial charge is 0.496 e. The van der Waals surface area contributed by atoms with Crippen molar-refractivity contribution in [3.8, 4) is 28.1 Å². The molecule has 0 amide bonds. The third-order valence-corrected chi connectivity index (χ3v) is 3.92. The van der Waals surface area contributed by atoms with E-state index in [0.29, 0.717) is 15.8 Å². The number of hydrogen-bond donors (Lipinski definition) is 1. The van der Waals surface area contributed by atoms with Crippen LogP contribution in [0.4, 0.5) is 0 Å². The maximum atomic E-state index is 6.34. The van der Waals surface area contributed by atoms with Crippen molar-refractivity contribution in [2.45, 2.75) is 0 Å². The number of methoxy groups -OCH3 is 1. The summed E-state index contributed by atoms with van der Waals surface area (Å²) in [6.45, 7) is 0. The maximum absolute atomic E-state index is 6.34. The van der Waals surface area contributed by atoms with Gasteiger partial charge >= 0.3 is 0 Å². The number of H-pyrrole nitrogens is 1. The maximum Gasteiger partial charge on any atom is 0.128 e. The smallest absolute Gasteiger partial charge is 0.128 e. The van der Waals surface area contributed by atoms with E-state index in [2.05, 4.69) is 15.2 Å². The van der Waals surface area contributed by atoms with E-state index < -0.39 is 0 Å². The van der Waals surface area contributed by atoms with Crippen LogP contribution in [0.3, 0.4) is 0 Å². The molecule has 0 fully saturated rings. The van der Waals surface area contributed by atoms with Crippen LogP contribution in [0, 0.1) is 0 Å². The molecular weight excluding hydrogens is 309 g/mol. The van der Waals surface area contributed by atoms with Crippen LogP contribution in [0.25, 0.3) is 22.4 Å². The minimum Gasteiger partial charge on any atom is -0.496 e. The van der Waals surface area contributed by atoms with Crippen molar-refractivity contribution >= 4 is 23.2 Å². The molecule has 4 nitrogen and oxygen atoms in total. The monoisotopic (exact) mass is 319 g/mol. The molecule has 0 radical (unpaired) electrons. The Bertz CT molecular complexity index is 773. The summed E-state index contributed by atoms with van der Waals surface area (Å²) in [6, 6.07) is 7.29. The molecule has 0 unspecified atom stereocenters. The summed E-state index contributed by atoms with van der Waals surface area (Å²) < 4.78 is 5.38. The number of halogens is 2. The van der Waals surface area contributed by atoms with Gasteiger partial charge in [-0.3, -0.25) is 10.1 Å². The van der Waals surface area contributed by atoms with Gasteiger partial charge in [-0.25, -0.2) is 0 Å². The van der Waals surface area contributed by atoms with E-state index in [-0.39, 0.29) is 0 Å². The van der Waals surface area contributed by atoms with Gasteiger partial charge in [-0.1, -0.05) is 23.2 Å². The highest BCUT2D eigenvalue weighted by Crippen LogP contribution is 2.41. The number of nitrogens with one attached hydrogen (secondary N) is 1. The van der Waals surface area contributed by atoms with Gasteiger partial charge in [-0.2, -0.15) is 5.10 Å². The van der Waals surface area contributed by atoms with Crippen LogP contribution in [0.1, 0.15) is 0 Å². The number of aromatic amines is 1. The summed E-state index contributed by atoms with van der Waals surface area (Å²) in [5.74, 6) is 0.661. The first kappa shape index (κ1) is 13.9. The summed E-state index contributed by atoms with van der Waals surface area (Å²) in [7, 11) is 1.60. The molecule has 0 aliphatic heterocycles. The molecule has 3 aromatic rings. The van der Waals surface area contributed by atoms with Crippen molar-refractivity contribution in [1.29, 1.82) is 0 Å². The van der Waals surface area contributed by atoms with E-state index in [1.807, 2.05) is 12.1 Å². The zero-order chi connectivity index (χ0) is 14.8. The van der Waals surface area contributed by atoms with Crippen LogP contribution in [-0.2, 0) is 0 Å². The molecule has 0 saturated heterocycles. The van der Waals surface area contributed by atoms with Gasteiger partial charge < -0.3 is 4.74 Å². The van der Waals surface area contributed by atoms with Crippen LogP contribution in [0.5, 0.6) is 5.75 Å². The van der Waals surface area contributed by atoms with Crippen LogP contribution >= 0.6 is 23.2 Å². The van der Waals surface area contributed by atoms with E-state index in [1.54, 1.807) is 37.8 Å². The number of hydrogen-bond acceptors (Lipinski definition) is 3. The van der Waals surface area contributed by atoms with Gasteiger partial charge in [0.2, 0.25) is 0 Å². The van der Waals surface area contributed by atoms with Crippen molar-refractivity contribution < 1.29 is 4.74 Å². The van der Waals surface area contributed by atoms with Gasteiger partial charge in [0.15, 0.2) is 0 Å². The van der Waals surface area contributed by atoms with Crippen molar-refractivity contribution in [1.82, 2.24) is 15.2 Å². The zero-order valence-electron chi connectivity index (χ0n) is 11.1. The van der Waals surface area contributed by atoms with Crippen molar-refractivity contribution in [3.05, 3.63) is 52.9 Å². The molecule has 0 bridgehead atoms. The summed E-state index contributed by atoms with van der Waals surface area (Å²) in [4.78, 5) is 4.34. The molecule has 2 aromatic heterocycles. The second kappa shape index (κ2) is 5.76. The fraction of sp³-hybridized carbons (Fsp3) is 0.0667. The normalized spacial score (nSPS) is 10.6. The molecule has 0 aliphatic rings. The third kappa shape index (κ3) is 2.60. The Labute approximate surface area is 131 Å². The topological polar surface area (TPSA) is 50.8 Å². The molecule has 2 heterocycles. The van der Waals surface area contributed by atoms with E-state index in [1.165, 1.54) is 0 Å². The molecule has 106 valence electrons. The molecule has 21 heavy (non-hydrogen) atoms. The average Bonchev–Trinajstić information content (AvgIpc) is 3.04. The SMILES string of the molecule is COc1ccc(Cl)c(Cl)c1-c1ccnc(-c2cn[nH]c2)c1. The van der Waals surface area contributed by atoms with E-state index in [0.717, 1.165) is 22.4 Å². The molecular formula is C15H11Cl2N3O. The lowest BCUT2D eigenvalue weighted by Gasteiger charge is -2.12. The highest BCUT2D eigenvalue weighted by molar-refractivity contribution is 6.44. The predicted molar refractivity (Wildman–Crippen MR) is 83.8 cm³/mol.